The van der Waals surface area contributed by atoms with Crippen LogP contribution in [-0.2, 0) is 0 Å². The van der Waals surface area contributed by atoms with E-state index in [-0.39, 0.29) is 6.61 Å². The number of hydrogen-bond donors (Lipinski definition) is 2. The molecule has 2 aromatic rings. The molecule has 0 aliphatic heterocycles. The second-order valence-corrected chi connectivity index (χ2v) is 3.68. The van der Waals surface area contributed by atoms with Gasteiger partial charge in [-0.25, -0.2) is 0 Å². The van der Waals surface area contributed by atoms with Crippen molar-refractivity contribution >= 4 is 10.9 Å². The number of nitrogens with one attached hydrogen (secondary N) is 1. The average Bonchev–Trinajstić information content (AvgIpc) is 2.73. The van der Waals surface area contributed by atoms with E-state index in [0.29, 0.717) is 5.75 Å². The Hall–Kier alpha value is -2.08. The van der Waals surface area contributed by atoms with E-state index in [1.807, 2.05) is 18.2 Å². The molecular weight excluding hydrogens is 224 g/mol. The number of aliphatic hydroxyl groups excluding tert-OH is 1. The number of nitrogens with zero attached hydrogens (tertiary/aromatic N) is 1. The van der Waals surface area contributed by atoms with Crippen LogP contribution in [0.2, 0.25) is 0 Å². The molecule has 2 N–H and O–H groups in total. The Bertz CT molecular complexity index is 523. The summed E-state index contributed by atoms with van der Waals surface area (Å²) in [5.74, 6) is 0.603. The smallest absolute Gasteiger partial charge is 0.232 e. The Balaban J connectivity index is 2.03. The lowest BCUT2D eigenvalue weighted by atomic mass is 10.2. The van der Waals surface area contributed by atoms with Gasteiger partial charge in [0.15, 0.2) is 6.10 Å². The molecule has 0 fully saturated rings. The fraction of sp³-hybridized carbons (Fsp3) is 0.273. The van der Waals surface area contributed by atoms with Crippen molar-refractivity contribution in [2.24, 2.45) is 0 Å². The summed E-state index contributed by atoms with van der Waals surface area (Å²) in [6, 6.07) is 7.32. The van der Waals surface area contributed by atoms with Crippen molar-refractivity contribution in [1.82, 2.24) is 4.98 Å². The summed E-state index contributed by atoms with van der Waals surface area (Å²) in [6.45, 7) is -0.603. The van der Waals surface area contributed by atoms with E-state index in [1.165, 1.54) is 0 Å². The third-order valence-electron chi connectivity index (χ3n) is 2.35. The molecule has 0 aliphatic carbocycles. The Morgan fingerprint density at radius 1 is 1.47 bits per heavy atom. The number of benzene rings is 1. The highest BCUT2D eigenvalue weighted by Crippen LogP contribution is 2.24. The normalized spacial score (nSPS) is 12.5. The fourth-order valence-electron chi connectivity index (χ4n) is 1.59. The Kier molecular flexibility index (Phi) is 3.24. The number of rotatable bonds is 5. The van der Waals surface area contributed by atoms with Gasteiger partial charge in [0.2, 0.25) is 6.54 Å². The first kappa shape index (κ1) is 11.4. The summed E-state index contributed by atoms with van der Waals surface area (Å²) in [5, 5.41) is 20.4. The van der Waals surface area contributed by atoms with Gasteiger partial charge in [0, 0.05) is 22.0 Å². The van der Waals surface area contributed by atoms with Gasteiger partial charge in [-0.2, -0.15) is 0 Å². The lowest BCUT2D eigenvalue weighted by molar-refractivity contribution is -0.490. The molecule has 0 amide bonds. The molecule has 0 unspecified atom stereocenters. The van der Waals surface area contributed by atoms with Gasteiger partial charge in [-0.1, -0.05) is 6.07 Å². The van der Waals surface area contributed by atoms with Gasteiger partial charge in [-0.15, -0.1) is 0 Å². The van der Waals surface area contributed by atoms with Gasteiger partial charge in [-0.05, 0) is 18.2 Å². The molecule has 6 heteroatoms. The van der Waals surface area contributed by atoms with Crippen LogP contribution in [0.5, 0.6) is 5.75 Å². The van der Waals surface area contributed by atoms with Crippen LogP contribution in [0.4, 0.5) is 0 Å². The largest absolute Gasteiger partial charge is 0.490 e. The monoisotopic (exact) mass is 236 g/mol. The minimum atomic E-state index is -1.10. The molecule has 0 aliphatic rings. The van der Waals surface area contributed by atoms with E-state index in [4.69, 9.17) is 4.74 Å². The quantitative estimate of drug-likeness (QED) is 0.602. The minimum absolute atomic E-state index is 0.0920. The number of aromatic amines is 1. The second-order valence-electron chi connectivity index (χ2n) is 3.68. The first-order valence-electron chi connectivity index (χ1n) is 5.15. The second kappa shape index (κ2) is 4.84. The third kappa shape index (κ3) is 2.73. The van der Waals surface area contributed by atoms with Crippen LogP contribution in [-0.4, -0.2) is 34.3 Å². The highest BCUT2D eigenvalue weighted by atomic mass is 16.6. The molecule has 0 saturated heterocycles. The SMILES string of the molecule is O=[N+]([O-])C[C@H](O)COc1cccc2[nH]ccc12. The maximum Gasteiger partial charge on any atom is 0.232 e. The van der Waals surface area contributed by atoms with Crippen LogP contribution in [0.1, 0.15) is 0 Å². The molecule has 1 atom stereocenters. The van der Waals surface area contributed by atoms with Gasteiger partial charge in [-0.3, -0.25) is 10.1 Å². The van der Waals surface area contributed by atoms with Crippen molar-refractivity contribution < 1.29 is 14.8 Å². The number of nitro groups is 1. The number of hydrogen-bond acceptors (Lipinski definition) is 4. The van der Waals surface area contributed by atoms with Gasteiger partial charge in [0.25, 0.3) is 0 Å². The average molecular weight is 236 g/mol. The number of aromatic nitrogens is 1. The van der Waals surface area contributed by atoms with E-state index in [2.05, 4.69) is 4.98 Å². The Morgan fingerprint density at radius 2 is 2.29 bits per heavy atom. The molecule has 0 bridgehead atoms. The molecule has 1 aromatic heterocycles. The lowest BCUT2D eigenvalue weighted by Gasteiger charge is -2.09. The summed E-state index contributed by atoms with van der Waals surface area (Å²) in [7, 11) is 0. The summed E-state index contributed by atoms with van der Waals surface area (Å²) < 4.78 is 5.37. The van der Waals surface area contributed by atoms with Gasteiger partial charge >= 0.3 is 0 Å². The molecule has 90 valence electrons. The van der Waals surface area contributed by atoms with Gasteiger partial charge in [0.1, 0.15) is 12.4 Å². The van der Waals surface area contributed by atoms with Crippen LogP contribution in [0.15, 0.2) is 30.5 Å². The van der Waals surface area contributed by atoms with Crippen molar-refractivity contribution in [3.63, 3.8) is 0 Å². The van der Waals surface area contributed by atoms with Gasteiger partial charge < -0.3 is 14.8 Å². The topological polar surface area (TPSA) is 88.4 Å². The zero-order chi connectivity index (χ0) is 12.3. The highest BCUT2D eigenvalue weighted by Gasteiger charge is 2.13. The van der Waals surface area contributed by atoms with Crippen LogP contribution in [0.3, 0.4) is 0 Å². The molecule has 0 spiro atoms. The zero-order valence-corrected chi connectivity index (χ0v) is 9.00. The van der Waals surface area contributed by atoms with Crippen molar-refractivity contribution in [3.05, 3.63) is 40.6 Å². The summed E-state index contributed by atoms with van der Waals surface area (Å²) >= 11 is 0. The predicted molar refractivity (Wildman–Crippen MR) is 61.7 cm³/mol. The number of H-pyrrole nitrogens is 1. The molecule has 2 rings (SSSR count). The molecule has 0 saturated carbocycles. The zero-order valence-electron chi connectivity index (χ0n) is 9.00. The number of fused-ring (bicyclic) bond motifs is 1. The molecule has 0 radical (unpaired) electrons. The summed E-state index contributed by atoms with van der Waals surface area (Å²) in [6.07, 6.45) is 0.685. The summed E-state index contributed by atoms with van der Waals surface area (Å²) in [4.78, 5) is 12.6. The summed E-state index contributed by atoms with van der Waals surface area (Å²) in [5.41, 5.74) is 0.922. The first-order valence-corrected chi connectivity index (χ1v) is 5.15. The highest BCUT2D eigenvalue weighted by molar-refractivity contribution is 5.85. The molecular formula is C11H12N2O4. The third-order valence-corrected chi connectivity index (χ3v) is 2.35. The van der Waals surface area contributed by atoms with Crippen LogP contribution in [0.25, 0.3) is 10.9 Å². The molecule has 6 nitrogen and oxygen atoms in total. The van der Waals surface area contributed by atoms with Gasteiger partial charge in [0.05, 0.1) is 0 Å². The maximum atomic E-state index is 10.2. The van der Waals surface area contributed by atoms with Crippen molar-refractivity contribution in [3.8, 4) is 5.75 Å². The standard InChI is InChI=1S/C11H12N2O4/c14-8(6-13(15)16)7-17-11-3-1-2-10-9(11)4-5-12-10/h1-5,8,12,14H,6-7H2/t8-/m0/s1. The van der Waals surface area contributed by atoms with Crippen molar-refractivity contribution in [2.75, 3.05) is 13.2 Å². The van der Waals surface area contributed by atoms with Crippen LogP contribution >= 0.6 is 0 Å². The van der Waals surface area contributed by atoms with E-state index in [0.717, 1.165) is 10.9 Å². The lowest BCUT2D eigenvalue weighted by Crippen LogP contribution is -2.26. The first-order chi connectivity index (χ1) is 8.16. The number of ether oxygens (including phenoxy) is 1. The van der Waals surface area contributed by atoms with E-state index in [9.17, 15) is 15.2 Å². The maximum absolute atomic E-state index is 10.2. The number of aliphatic hydroxyl groups is 1. The van der Waals surface area contributed by atoms with Crippen molar-refractivity contribution in [2.45, 2.75) is 6.10 Å². The van der Waals surface area contributed by atoms with E-state index >= 15 is 0 Å². The van der Waals surface area contributed by atoms with E-state index in [1.54, 1.807) is 12.3 Å². The van der Waals surface area contributed by atoms with Crippen LogP contribution < -0.4 is 4.74 Å². The van der Waals surface area contributed by atoms with E-state index < -0.39 is 17.6 Å². The molecule has 1 heterocycles. The van der Waals surface area contributed by atoms with Crippen LogP contribution in [0, 0.1) is 10.1 Å². The predicted octanol–water partition coefficient (Wildman–Crippen LogP) is 1.18. The molecule has 1 aromatic carbocycles. The fourth-order valence-corrected chi connectivity index (χ4v) is 1.59. The Labute approximate surface area is 97.0 Å². The van der Waals surface area contributed by atoms with Crippen molar-refractivity contribution in [1.29, 1.82) is 0 Å². The Morgan fingerprint density at radius 3 is 3.06 bits per heavy atom. The minimum Gasteiger partial charge on any atom is -0.490 e. The molecule has 17 heavy (non-hydrogen) atoms.